The highest BCUT2D eigenvalue weighted by molar-refractivity contribution is 5.33. The van der Waals surface area contributed by atoms with Gasteiger partial charge in [0.2, 0.25) is 0 Å². The molecular formula is C14H19. The van der Waals surface area contributed by atoms with Crippen LogP contribution in [0.2, 0.25) is 0 Å². The Hall–Kier alpha value is -0.780. The summed E-state index contributed by atoms with van der Waals surface area (Å²) in [6.45, 7) is 2.21. The molecule has 0 atom stereocenters. The third-order valence-electron chi connectivity index (χ3n) is 3.23. The van der Waals surface area contributed by atoms with Crippen LogP contribution in [-0.2, 0) is 6.42 Å². The van der Waals surface area contributed by atoms with Crippen LogP contribution >= 0.6 is 0 Å². The summed E-state index contributed by atoms with van der Waals surface area (Å²) in [6, 6.07) is 9.16. The molecule has 0 heteroatoms. The zero-order valence-electron chi connectivity index (χ0n) is 9.05. The van der Waals surface area contributed by atoms with Crippen molar-refractivity contribution in [2.24, 2.45) is 0 Å². The van der Waals surface area contributed by atoms with E-state index in [4.69, 9.17) is 0 Å². The molecule has 0 spiro atoms. The van der Waals surface area contributed by atoms with Gasteiger partial charge in [-0.2, -0.15) is 0 Å². The first-order valence-corrected chi connectivity index (χ1v) is 5.84. The van der Waals surface area contributed by atoms with Crippen LogP contribution in [-0.4, -0.2) is 0 Å². The van der Waals surface area contributed by atoms with Gasteiger partial charge in [0.1, 0.15) is 0 Å². The lowest BCUT2D eigenvalue weighted by Crippen LogP contribution is -2.05. The molecule has 0 unspecified atom stereocenters. The Bertz CT molecular complexity index is 265. The van der Waals surface area contributed by atoms with Crippen LogP contribution in [0.3, 0.4) is 0 Å². The van der Waals surface area contributed by atoms with Gasteiger partial charge in [0, 0.05) is 5.92 Å². The van der Waals surface area contributed by atoms with Crippen molar-refractivity contribution in [2.45, 2.75) is 45.4 Å². The highest BCUT2D eigenvalue weighted by Crippen LogP contribution is 2.31. The molecule has 14 heavy (non-hydrogen) atoms. The minimum Gasteiger partial charge on any atom is -0.0613 e. The second-order valence-corrected chi connectivity index (χ2v) is 4.21. The fourth-order valence-electron chi connectivity index (χ4n) is 2.24. The minimum atomic E-state index is 1.15. The molecule has 0 N–H and O–H groups in total. The van der Waals surface area contributed by atoms with Crippen molar-refractivity contribution in [3.8, 4) is 0 Å². The van der Waals surface area contributed by atoms with E-state index in [1.54, 1.807) is 5.92 Å². The van der Waals surface area contributed by atoms with Crippen LogP contribution in [0.15, 0.2) is 24.3 Å². The molecule has 0 bridgehead atoms. The Morgan fingerprint density at radius 3 is 2.14 bits per heavy atom. The van der Waals surface area contributed by atoms with Crippen molar-refractivity contribution in [2.75, 3.05) is 0 Å². The van der Waals surface area contributed by atoms with Gasteiger partial charge in [-0.05, 0) is 30.4 Å². The molecule has 1 aliphatic rings. The highest BCUT2D eigenvalue weighted by atomic mass is 14.2. The van der Waals surface area contributed by atoms with Crippen molar-refractivity contribution in [1.82, 2.24) is 0 Å². The molecule has 1 fully saturated rings. The molecule has 0 heterocycles. The van der Waals surface area contributed by atoms with Crippen LogP contribution in [0.4, 0.5) is 0 Å². The van der Waals surface area contributed by atoms with Crippen molar-refractivity contribution < 1.29 is 0 Å². The smallest absolute Gasteiger partial charge is 0.00498 e. The fraction of sp³-hybridized carbons (Fsp3) is 0.500. The van der Waals surface area contributed by atoms with Crippen molar-refractivity contribution >= 4 is 0 Å². The molecule has 0 saturated heterocycles. The zero-order chi connectivity index (χ0) is 9.80. The number of benzene rings is 1. The summed E-state index contributed by atoms with van der Waals surface area (Å²) in [5.74, 6) is 1.68. The van der Waals surface area contributed by atoms with Gasteiger partial charge >= 0.3 is 0 Å². The summed E-state index contributed by atoms with van der Waals surface area (Å²) in [6.07, 6.45) is 8.01. The Kier molecular flexibility index (Phi) is 3.23. The summed E-state index contributed by atoms with van der Waals surface area (Å²) >= 11 is 0. The number of hydrogen-bond acceptors (Lipinski definition) is 0. The van der Waals surface area contributed by atoms with Crippen LogP contribution < -0.4 is 0 Å². The van der Waals surface area contributed by atoms with Gasteiger partial charge in [-0.3, -0.25) is 0 Å². The van der Waals surface area contributed by atoms with Crippen molar-refractivity contribution in [1.29, 1.82) is 0 Å². The lowest BCUT2D eigenvalue weighted by Gasteiger charge is -2.21. The van der Waals surface area contributed by atoms with Gasteiger partial charge in [0.15, 0.2) is 0 Å². The average molecular weight is 187 g/mol. The summed E-state index contributed by atoms with van der Waals surface area (Å²) in [4.78, 5) is 0. The Morgan fingerprint density at radius 2 is 1.57 bits per heavy atom. The molecule has 1 aromatic rings. The van der Waals surface area contributed by atoms with Gasteiger partial charge in [-0.15, -0.1) is 0 Å². The molecule has 0 nitrogen and oxygen atoms in total. The summed E-state index contributed by atoms with van der Waals surface area (Å²) in [5.41, 5.74) is 2.94. The maximum Gasteiger partial charge on any atom is 0.00498 e. The van der Waals surface area contributed by atoms with E-state index >= 15 is 0 Å². The molecule has 1 saturated carbocycles. The van der Waals surface area contributed by atoms with E-state index < -0.39 is 0 Å². The number of hydrogen-bond donors (Lipinski definition) is 0. The highest BCUT2D eigenvalue weighted by Gasteiger charge is 2.15. The zero-order valence-corrected chi connectivity index (χ0v) is 9.05. The largest absolute Gasteiger partial charge is 0.0613 e. The monoisotopic (exact) mass is 187 g/mol. The van der Waals surface area contributed by atoms with Crippen molar-refractivity contribution in [3.05, 3.63) is 41.3 Å². The van der Waals surface area contributed by atoms with E-state index in [1.165, 1.54) is 43.2 Å². The first kappa shape index (κ1) is 9.76. The predicted molar refractivity (Wildman–Crippen MR) is 61.3 cm³/mol. The van der Waals surface area contributed by atoms with E-state index in [2.05, 4.69) is 31.2 Å². The SMILES string of the molecule is CCc1ccc([C]2CCCCC2)cc1. The Morgan fingerprint density at radius 1 is 0.929 bits per heavy atom. The van der Waals surface area contributed by atoms with Gasteiger partial charge in [-0.1, -0.05) is 50.5 Å². The molecule has 1 aromatic carbocycles. The summed E-state index contributed by atoms with van der Waals surface area (Å²) < 4.78 is 0. The lowest BCUT2D eigenvalue weighted by molar-refractivity contribution is 0.551. The van der Waals surface area contributed by atoms with Crippen molar-refractivity contribution in [3.63, 3.8) is 0 Å². The molecular weight excluding hydrogens is 168 g/mol. The molecule has 75 valence electrons. The van der Waals surface area contributed by atoms with Crippen LogP contribution in [0.25, 0.3) is 0 Å². The first-order valence-electron chi connectivity index (χ1n) is 5.84. The van der Waals surface area contributed by atoms with Crippen LogP contribution in [0, 0.1) is 5.92 Å². The van der Waals surface area contributed by atoms with E-state index in [9.17, 15) is 0 Å². The third-order valence-corrected chi connectivity index (χ3v) is 3.23. The van der Waals surface area contributed by atoms with Crippen LogP contribution in [0.1, 0.15) is 50.2 Å². The molecule has 1 aliphatic carbocycles. The van der Waals surface area contributed by atoms with Gasteiger partial charge in [-0.25, -0.2) is 0 Å². The standard InChI is InChI=1S/C14H19/c1-2-12-8-10-14(11-9-12)13-6-4-3-5-7-13/h8-11H,2-7H2,1H3. The van der Waals surface area contributed by atoms with E-state index in [-0.39, 0.29) is 0 Å². The second-order valence-electron chi connectivity index (χ2n) is 4.21. The quantitative estimate of drug-likeness (QED) is 0.653. The Balaban J connectivity index is 2.07. The summed E-state index contributed by atoms with van der Waals surface area (Å²) in [5, 5.41) is 0. The minimum absolute atomic E-state index is 1.15. The lowest BCUT2D eigenvalue weighted by atomic mass is 9.84. The maximum atomic E-state index is 2.31. The molecule has 1 radical (unpaired) electrons. The van der Waals surface area contributed by atoms with E-state index in [1.807, 2.05) is 0 Å². The Labute approximate surface area is 87.3 Å². The van der Waals surface area contributed by atoms with E-state index in [0.29, 0.717) is 0 Å². The number of aryl methyl sites for hydroxylation is 1. The predicted octanol–water partition coefficient (Wildman–Crippen LogP) is 4.14. The molecule has 2 rings (SSSR count). The maximum absolute atomic E-state index is 2.31. The van der Waals surface area contributed by atoms with Gasteiger partial charge in [0.05, 0.1) is 0 Å². The summed E-state index contributed by atoms with van der Waals surface area (Å²) in [7, 11) is 0. The topological polar surface area (TPSA) is 0 Å². The number of rotatable bonds is 2. The first-order chi connectivity index (χ1) is 6.90. The average Bonchev–Trinajstić information content (AvgIpc) is 2.30. The van der Waals surface area contributed by atoms with Gasteiger partial charge < -0.3 is 0 Å². The van der Waals surface area contributed by atoms with Crippen LogP contribution in [0.5, 0.6) is 0 Å². The molecule has 0 amide bonds. The fourth-order valence-corrected chi connectivity index (χ4v) is 2.24. The van der Waals surface area contributed by atoms with E-state index in [0.717, 1.165) is 6.42 Å². The normalized spacial score (nSPS) is 18.4. The second kappa shape index (κ2) is 4.63. The van der Waals surface area contributed by atoms with Gasteiger partial charge in [0.25, 0.3) is 0 Å². The molecule has 0 aromatic heterocycles. The molecule has 0 aliphatic heterocycles. The third kappa shape index (κ3) is 2.17.